The van der Waals surface area contributed by atoms with Crippen molar-refractivity contribution in [2.24, 2.45) is 45.3 Å². The SMILES string of the molecule is COC1C=C(O)C2C3C4CCC5(CCC6(CCCC6CCO)C5)C3(C)C(C)(C4)C12O. The summed E-state index contributed by atoms with van der Waals surface area (Å²) in [6.07, 6.45) is 13.7. The van der Waals surface area contributed by atoms with Gasteiger partial charge in [-0.25, -0.2) is 0 Å². The van der Waals surface area contributed by atoms with Crippen LogP contribution in [0.4, 0.5) is 0 Å². The van der Waals surface area contributed by atoms with Gasteiger partial charge in [0.1, 0.15) is 11.7 Å². The van der Waals surface area contributed by atoms with E-state index in [1.165, 1.54) is 51.4 Å². The van der Waals surface area contributed by atoms with E-state index in [0.717, 1.165) is 12.8 Å². The summed E-state index contributed by atoms with van der Waals surface area (Å²) in [5, 5.41) is 33.0. The second-order valence-corrected chi connectivity index (χ2v) is 12.5. The molecule has 6 aliphatic rings. The van der Waals surface area contributed by atoms with E-state index in [2.05, 4.69) is 13.8 Å². The third kappa shape index (κ3) is 1.82. The number of aliphatic hydroxyl groups is 3. The average Bonchev–Trinajstić information content (AvgIpc) is 3.43. The molecule has 2 spiro atoms. The van der Waals surface area contributed by atoms with Crippen LogP contribution in [0.5, 0.6) is 0 Å². The zero-order valence-electron chi connectivity index (χ0n) is 19.0. The van der Waals surface area contributed by atoms with Crippen molar-refractivity contribution < 1.29 is 20.1 Å². The minimum atomic E-state index is -0.991. The standard InChI is InChI=1S/C26H40O4/c1-22-14-16-6-9-25(11-10-24(15-25)8-4-5-17(24)7-12-27)23(22,2)20(16)21-18(28)13-19(30-3)26(21,22)29/h13,16-17,19-21,27-29H,4-12,14-15H2,1-3H3. The third-order valence-corrected chi connectivity index (χ3v) is 12.5. The van der Waals surface area contributed by atoms with E-state index >= 15 is 0 Å². The summed E-state index contributed by atoms with van der Waals surface area (Å²) in [5.74, 6) is 1.85. The lowest BCUT2D eigenvalue weighted by Gasteiger charge is -2.57. The van der Waals surface area contributed by atoms with Crippen molar-refractivity contribution >= 4 is 0 Å². The summed E-state index contributed by atoms with van der Waals surface area (Å²) in [6, 6.07) is 0. The molecule has 10 unspecified atom stereocenters. The van der Waals surface area contributed by atoms with Gasteiger partial charge in [0.2, 0.25) is 0 Å². The van der Waals surface area contributed by atoms with Crippen LogP contribution in [-0.4, -0.2) is 40.7 Å². The molecule has 0 heterocycles. The zero-order chi connectivity index (χ0) is 21.2. The van der Waals surface area contributed by atoms with E-state index in [4.69, 9.17) is 4.74 Å². The molecule has 6 rings (SSSR count). The van der Waals surface area contributed by atoms with Crippen LogP contribution >= 0.6 is 0 Å². The summed E-state index contributed by atoms with van der Waals surface area (Å²) in [6.45, 7) is 5.16. The first-order valence-corrected chi connectivity index (χ1v) is 12.5. The lowest BCUT2D eigenvalue weighted by molar-refractivity contribution is -0.182. The van der Waals surface area contributed by atoms with Crippen LogP contribution in [0.1, 0.15) is 78.1 Å². The molecule has 5 saturated carbocycles. The van der Waals surface area contributed by atoms with Crippen molar-refractivity contribution in [3.63, 3.8) is 0 Å². The Hall–Kier alpha value is -0.580. The zero-order valence-corrected chi connectivity index (χ0v) is 19.0. The monoisotopic (exact) mass is 416 g/mol. The van der Waals surface area contributed by atoms with Gasteiger partial charge in [-0.1, -0.05) is 20.3 Å². The van der Waals surface area contributed by atoms with Crippen LogP contribution in [0, 0.1) is 45.3 Å². The number of aliphatic hydroxyl groups excluding tert-OH is 2. The summed E-state index contributed by atoms with van der Waals surface area (Å²) in [4.78, 5) is 0. The molecule has 0 aromatic carbocycles. The molecule has 0 radical (unpaired) electrons. The Morgan fingerprint density at radius 2 is 1.93 bits per heavy atom. The van der Waals surface area contributed by atoms with E-state index < -0.39 is 11.7 Å². The predicted molar refractivity (Wildman–Crippen MR) is 115 cm³/mol. The highest BCUT2D eigenvalue weighted by atomic mass is 16.5. The lowest BCUT2D eigenvalue weighted by atomic mass is 9.47. The number of hydrogen-bond donors (Lipinski definition) is 3. The second-order valence-electron chi connectivity index (χ2n) is 12.5. The van der Waals surface area contributed by atoms with Gasteiger partial charge in [-0.2, -0.15) is 0 Å². The van der Waals surface area contributed by atoms with Gasteiger partial charge in [0.05, 0.1) is 11.7 Å². The summed E-state index contributed by atoms with van der Waals surface area (Å²) >= 11 is 0. The molecule has 30 heavy (non-hydrogen) atoms. The quantitative estimate of drug-likeness (QED) is 0.629. The largest absolute Gasteiger partial charge is 0.512 e. The maximum Gasteiger partial charge on any atom is 0.110 e. The molecule has 0 saturated heterocycles. The third-order valence-electron chi connectivity index (χ3n) is 12.5. The first kappa shape index (κ1) is 20.1. The van der Waals surface area contributed by atoms with E-state index in [9.17, 15) is 15.3 Å². The summed E-state index contributed by atoms with van der Waals surface area (Å²) < 4.78 is 5.79. The number of rotatable bonds is 3. The first-order chi connectivity index (χ1) is 14.2. The molecule has 3 N–H and O–H groups in total. The highest BCUT2D eigenvalue weighted by Crippen LogP contribution is 2.87. The molecular weight excluding hydrogens is 376 g/mol. The highest BCUT2D eigenvalue weighted by Gasteiger charge is 2.86. The topological polar surface area (TPSA) is 69.9 Å². The fourth-order valence-corrected chi connectivity index (χ4v) is 11.4. The molecule has 10 atom stereocenters. The molecule has 0 aromatic rings. The fourth-order valence-electron chi connectivity index (χ4n) is 11.4. The Labute approximate surface area is 181 Å². The van der Waals surface area contributed by atoms with Crippen molar-refractivity contribution in [2.75, 3.05) is 13.7 Å². The fraction of sp³-hybridized carbons (Fsp3) is 0.923. The highest BCUT2D eigenvalue weighted by molar-refractivity contribution is 5.41. The minimum Gasteiger partial charge on any atom is -0.512 e. The maximum absolute atomic E-state index is 12.3. The van der Waals surface area contributed by atoms with Crippen LogP contribution in [0.25, 0.3) is 0 Å². The Morgan fingerprint density at radius 3 is 2.67 bits per heavy atom. The summed E-state index contributed by atoms with van der Waals surface area (Å²) in [5.41, 5.74) is -0.565. The van der Waals surface area contributed by atoms with Crippen LogP contribution < -0.4 is 0 Å². The van der Waals surface area contributed by atoms with E-state index in [1.807, 2.05) is 0 Å². The van der Waals surface area contributed by atoms with E-state index in [1.54, 1.807) is 13.2 Å². The Morgan fingerprint density at radius 1 is 1.13 bits per heavy atom. The molecule has 4 heteroatoms. The molecule has 0 aromatic heterocycles. The van der Waals surface area contributed by atoms with Gasteiger partial charge >= 0.3 is 0 Å². The predicted octanol–water partition coefficient (Wildman–Crippen LogP) is 4.60. The van der Waals surface area contributed by atoms with E-state index in [-0.39, 0.29) is 22.2 Å². The minimum absolute atomic E-state index is 0.0250. The van der Waals surface area contributed by atoms with Crippen LogP contribution in [0.3, 0.4) is 0 Å². The molecule has 4 bridgehead atoms. The molecule has 168 valence electrons. The maximum atomic E-state index is 12.3. The van der Waals surface area contributed by atoms with Crippen molar-refractivity contribution in [2.45, 2.75) is 89.8 Å². The van der Waals surface area contributed by atoms with Gasteiger partial charge < -0.3 is 20.1 Å². The molecule has 6 aliphatic carbocycles. The van der Waals surface area contributed by atoms with Crippen LogP contribution in [0.15, 0.2) is 11.8 Å². The molecule has 0 amide bonds. The van der Waals surface area contributed by atoms with Crippen LogP contribution in [0.2, 0.25) is 0 Å². The summed E-state index contributed by atoms with van der Waals surface area (Å²) in [7, 11) is 1.68. The lowest BCUT2D eigenvalue weighted by Crippen LogP contribution is -2.59. The van der Waals surface area contributed by atoms with Gasteiger partial charge in [-0.05, 0) is 97.9 Å². The van der Waals surface area contributed by atoms with Crippen molar-refractivity contribution in [3.05, 3.63) is 11.8 Å². The van der Waals surface area contributed by atoms with Crippen LogP contribution in [-0.2, 0) is 4.74 Å². The number of methoxy groups -OCH3 is 1. The molecule has 4 nitrogen and oxygen atoms in total. The Kier molecular flexibility index (Phi) is 3.91. The molecular formula is C26H40O4. The van der Waals surface area contributed by atoms with Crippen molar-refractivity contribution in [1.29, 1.82) is 0 Å². The van der Waals surface area contributed by atoms with Crippen molar-refractivity contribution in [1.82, 2.24) is 0 Å². The average molecular weight is 417 g/mol. The van der Waals surface area contributed by atoms with Gasteiger partial charge in [0.25, 0.3) is 0 Å². The van der Waals surface area contributed by atoms with Gasteiger partial charge in [-0.3, -0.25) is 0 Å². The normalized spacial score (nSPS) is 60.7. The first-order valence-electron chi connectivity index (χ1n) is 12.5. The Balaban J connectivity index is 1.46. The van der Waals surface area contributed by atoms with Gasteiger partial charge in [0.15, 0.2) is 0 Å². The van der Waals surface area contributed by atoms with Crippen molar-refractivity contribution in [3.8, 4) is 0 Å². The van der Waals surface area contributed by atoms with Gasteiger partial charge in [0, 0.05) is 19.1 Å². The second kappa shape index (κ2) is 5.85. The molecule has 5 fully saturated rings. The molecule has 0 aliphatic heterocycles. The smallest absolute Gasteiger partial charge is 0.110 e. The van der Waals surface area contributed by atoms with Gasteiger partial charge in [-0.15, -0.1) is 0 Å². The van der Waals surface area contributed by atoms with E-state index in [0.29, 0.717) is 35.5 Å². The number of ether oxygens (including phenoxy) is 1. The number of hydrogen-bond acceptors (Lipinski definition) is 4. The Bertz CT molecular complexity index is 794. The number of fused-ring (bicyclic) bond motifs is 2.